The van der Waals surface area contributed by atoms with Gasteiger partial charge in [0.15, 0.2) is 0 Å². The summed E-state index contributed by atoms with van der Waals surface area (Å²) < 4.78 is 27.8. The van der Waals surface area contributed by atoms with Crippen molar-refractivity contribution in [1.82, 2.24) is 14.3 Å². The number of rotatable bonds is 5. The number of hydrogen-bond acceptors (Lipinski definition) is 4. The molecule has 1 fully saturated rings. The van der Waals surface area contributed by atoms with Gasteiger partial charge in [-0.05, 0) is 29.5 Å². The maximum Gasteiger partial charge on any atom is 0.242 e. The molecule has 29 heavy (non-hydrogen) atoms. The molecule has 1 N–H and O–H groups in total. The molecular formula is C20H19ClF2N4OS. The quantitative estimate of drug-likeness (QED) is 0.593. The molecule has 152 valence electrons. The third-order valence-corrected chi connectivity index (χ3v) is 6.23. The van der Waals surface area contributed by atoms with E-state index >= 15 is 0 Å². The van der Waals surface area contributed by atoms with Crippen molar-refractivity contribution in [1.29, 1.82) is 0 Å². The molecule has 5 nitrogen and oxygen atoms in total. The summed E-state index contributed by atoms with van der Waals surface area (Å²) in [5.74, 6) is 0.0345. The Kier molecular flexibility index (Phi) is 5.76. The Morgan fingerprint density at radius 1 is 1.34 bits per heavy atom. The minimum atomic E-state index is -2.47. The first-order valence-corrected chi connectivity index (χ1v) is 10.7. The average Bonchev–Trinajstić information content (AvgIpc) is 3.11. The van der Waals surface area contributed by atoms with Gasteiger partial charge in [0.2, 0.25) is 12.3 Å². The number of aromatic amines is 1. The minimum Gasteiger partial charge on any atom is -0.346 e. The topological polar surface area (TPSA) is 52.2 Å². The SMILES string of the molecule is CSN1CCN(c2cccc(-c3cnc4[nH]cc(CC(F)F)c4c3Cl)c2)C(=O)C1. The van der Waals surface area contributed by atoms with Crippen LogP contribution in [0.4, 0.5) is 14.5 Å². The van der Waals surface area contributed by atoms with E-state index in [9.17, 15) is 13.6 Å². The van der Waals surface area contributed by atoms with Crippen LogP contribution in [0.25, 0.3) is 22.2 Å². The second-order valence-corrected chi connectivity index (χ2v) is 8.02. The Morgan fingerprint density at radius 3 is 2.90 bits per heavy atom. The van der Waals surface area contributed by atoms with Crippen LogP contribution in [0.1, 0.15) is 5.56 Å². The van der Waals surface area contributed by atoms with Gasteiger partial charge in [0.25, 0.3) is 0 Å². The largest absolute Gasteiger partial charge is 0.346 e. The van der Waals surface area contributed by atoms with Crippen molar-refractivity contribution in [3.05, 3.63) is 47.2 Å². The van der Waals surface area contributed by atoms with Gasteiger partial charge in [-0.25, -0.2) is 18.1 Å². The molecule has 0 aliphatic carbocycles. The van der Waals surface area contributed by atoms with Gasteiger partial charge < -0.3 is 9.88 Å². The second-order valence-electron chi connectivity index (χ2n) is 6.76. The van der Waals surface area contributed by atoms with Crippen LogP contribution in [0, 0.1) is 0 Å². The van der Waals surface area contributed by atoms with Crippen molar-refractivity contribution in [3.8, 4) is 11.1 Å². The molecule has 9 heteroatoms. The van der Waals surface area contributed by atoms with E-state index in [0.717, 1.165) is 17.8 Å². The Labute approximate surface area is 176 Å². The third kappa shape index (κ3) is 3.97. The van der Waals surface area contributed by atoms with E-state index in [1.807, 2.05) is 34.8 Å². The number of aromatic nitrogens is 2. The van der Waals surface area contributed by atoms with Gasteiger partial charge in [0.05, 0.1) is 11.6 Å². The molecule has 0 atom stereocenters. The minimum absolute atomic E-state index is 0.0345. The van der Waals surface area contributed by atoms with Gasteiger partial charge in [-0.2, -0.15) is 0 Å². The Morgan fingerprint density at radius 2 is 2.17 bits per heavy atom. The van der Waals surface area contributed by atoms with Crippen molar-refractivity contribution in [2.45, 2.75) is 12.8 Å². The molecular weight excluding hydrogens is 418 g/mol. The number of pyridine rings is 1. The zero-order valence-electron chi connectivity index (χ0n) is 15.7. The normalized spacial score (nSPS) is 15.6. The highest BCUT2D eigenvalue weighted by atomic mass is 35.5. The highest BCUT2D eigenvalue weighted by molar-refractivity contribution is 7.96. The van der Waals surface area contributed by atoms with Crippen molar-refractivity contribution in [2.75, 3.05) is 30.8 Å². The molecule has 0 saturated carbocycles. The summed E-state index contributed by atoms with van der Waals surface area (Å²) in [6, 6.07) is 7.51. The number of alkyl halides is 2. The third-order valence-electron chi connectivity index (χ3n) is 5.01. The number of carbonyl (C=O) groups is 1. The number of nitrogens with one attached hydrogen (secondary N) is 1. The molecule has 1 saturated heterocycles. The summed E-state index contributed by atoms with van der Waals surface area (Å²) in [5.41, 5.74) is 3.13. The van der Waals surface area contributed by atoms with Crippen molar-refractivity contribution in [3.63, 3.8) is 0 Å². The number of benzene rings is 1. The van der Waals surface area contributed by atoms with E-state index in [0.29, 0.717) is 40.3 Å². The van der Waals surface area contributed by atoms with Crippen LogP contribution in [0.5, 0.6) is 0 Å². The molecule has 0 bridgehead atoms. The van der Waals surface area contributed by atoms with Gasteiger partial charge in [-0.1, -0.05) is 35.7 Å². The fraction of sp³-hybridized carbons (Fsp3) is 0.300. The summed E-state index contributed by atoms with van der Waals surface area (Å²) in [6.45, 7) is 1.75. The maximum absolute atomic E-state index is 12.9. The van der Waals surface area contributed by atoms with Crippen LogP contribution in [0.3, 0.4) is 0 Å². The van der Waals surface area contributed by atoms with Crippen LogP contribution in [0.2, 0.25) is 5.02 Å². The van der Waals surface area contributed by atoms with E-state index < -0.39 is 6.43 Å². The number of H-pyrrole nitrogens is 1. The number of nitrogens with zero attached hydrogens (tertiary/aromatic N) is 3. The molecule has 3 heterocycles. The summed E-state index contributed by atoms with van der Waals surface area (Å²) in [4.78, 5) is 21.5. The van der Waals surface area contributed by atoms with Crippen LogP contribution >= 0.6 is 23.5 Å². The lowest BCUT2D eigenvalue weighted by molar-refractivity contribution is -0.119. The first-order chi connectivity index (χ1) is 14.0. The van der Waals surface area contributed by atoms with E-state index in [2.05, 4.69) is 9.97 Å². The zero-order valence-corrected chi connectivity index (χ0v) is 17.2. The monoisotopic (exact) mass is 436 g/mol. The fourth-order valence-electron chi connectivity index (χ4n) is 3.57. The van der Waals surface area contributed by atoms with Gasteiger partial charge in [-0.15, -0.1) is 0 Å². The summed E-state index contributed by atoms with van der Waals surface area (Å²) in [7, 11) is 0. The smallest absolute Gasteiger partial charge is 0.242 e. The number of amides is 1. The molecule has 3 aromatic rings. The van der Waals surface area contributed by atoms with Gasteiger partial charge in [0.1, 0.15) is 5.65 Å². The van der Waals surface area contributed by atoms with Crippen LogP contribution < -0.4 is 4.90 Å². The van der Waals surface area contributed by atoms with Crippen molar-refractivity contribution < 1.29 is 13.6 Å². The number of piperazine rings is 1. The van der Waals surface area contributed by atoms with E-state index in [1.165, 1.54) is 6.20 Å². The van der Waals surface area contributed by atoms with Crippen molar-refractivity contribution in [2.24, 2.45) is 0 Å². The summed E-state index contributed by atoms with van der Waals surface area (Å²) in [5, 5.41) is 0.891. The maximum atomic E-state index is 12.9. The molecule has 1 aromatic carbocycles. The van der Waals surface area contributed by atoms with E-state index in [1.54, 1.807) is 23.0 Å². The Bertz CT molecular complexity index is 1060. The Balaban J connectivity index is 1.71. The highest BCUT2D eigenvalue weighted by Crippen LogP contribution is 2.36. The first kappa shape index (κ1) is 20.1. The number of anilines is 1. The number of carbonyl (C=O) groups excluding carboxylic acids is 1. The van der Waals surface area contributed by atoms with Crippen molar-refractivity contribution >= 4 is 46.2 Å². The fourth-order valence-corrected chi connectivity index (χ4v) is 4.44. The summed E-state index contributed by atoms with van der Waals surface area (Å²) >= 11 is 8.18. The molecule has 2 aromatic heterocycles. The number of fused-ring (bicyclic) bond motifs is 1. The Hall–Kier alpha value is -2.16. The van der Waals surface area contributed by atoms with Gasteiger partial charge in [-0.3, -0.25) is 4.79 Å². The molecule has 1 aliphatic rings. The predicted octanol–water partition coefficient (Wildman–Crippen LogP) is 4.62. The average molecular weight is 437 g/mol. The predicted molar refractivity (Wildman–Crippen MR) is 114 cm³/mol. The molecule has 0 spiro atoms. The van der Waals surface area contributed by atoms with Crippen LogP contribution in [-0.2, 0) is 11.2 Å². The zero-order chi connectivity index (χ0) is 20.5. The molecule has 4 rings (SSSR count). The van der Waals surface area contributed by atoms with Gasteiger partial charge in [0, 0.05) is 48.5 Å². The lowest BCUT2D eigenvalue weighted by Crippen LogP contribution is -2.47. The molecule has 1 amide bonds. The second kappa shape index (κ2) is 8.30. The van der Waals surface area contributed by atoms with Gasteiger partial charge >= 0.3 is 0 Å². The molecule has 0 radical (unpaired) electrons. The number of halogens is 3. The standard InChI is InChI=1S/C20H19ClF2N4OS/c1-29-26-5-6-27(17(28)11-26)14-4-2-3-12(7-14)15-10-25-20-18(19(15)21)13(9-24-20)8-16(22)23/h2-4,7,9-10,16H,5-6,8,11H2,1H3,(H,24,25). The van der Waals surface area contributed by atoms with E-state index in [4.69, 9.17) is 11.6 Å². The molecule has 0 unspecified atom stereocenters. The highest BCUT2D eigenvalue weighted by Gasteiger charge is 2.25. The number of hydrogen-bond donors (Lipinski definition) is 1. The van der Waals surface area contributed by atoms with E-state index in [-0.39, 0.29) is 12.3 Å². The lowest BCUT2D eigenvalue weighted by atomic mass is 10.0. The lowest BCUT2D eigenvalue weighted by Gasteiger charge is -2.33. The summed E-state index contributed by atoms with van der Waals surface area (Å²) in [6.07, 6.45) is 2.25. The molecule has 1 aliphatic heterocycles. The first-order valence-electron chi connectivity index (χ1n) is 9.10. The van der Waals surface area contributed by atoms with Crippen LogP contribution in [0.15, 0.2) is 36.7 Å². The van der Waals surface area contributed by atoms with Crippen LogP contribution in [-0.4, -0.2) is 52.5 Å².